The maximum Gasteiger partial charge on any atom is 0.410 e. The molecule has 0 radical (unpaired) electrons. The fraction of sp³-hybridized carbons (Fsp3) is 0.435. The van der Waals surface area contributed by atoms with Crippen molar-refractivity contribution in [1.82, 2.24) is 14.5 Å². The molecule has 2 aromatic rings. The van der Waals surface area contributed by atoms with E-state index in [1.54, 1.807) is 39.0 Å². The van der Waals surface area contributed by atoms with Crippen molar-refractivity contribution in [3.63, 3.8) is 0 Å². The topological polar surface area (TPSA) is 137 Å². The third-order valence-corrected chi connectivity index (χ3v) is 5.20. The molecule has 11 heteroatoms. The number of ether oxygens (including phenoxy) is 3. The molecule has 0 fully saturated rings. The van der Waals surface area contributed by atoms with Crippen LogP contribution in [-0.2, 0) is 9.47 Å². The largest absolute Gasteiger partial charge is 0.464 e. The first-order valence-corrected chi connectivity index (χ1v) is 10.6. The van der Waals surface area contributed by atoms with Crippen LogP contribution >= 0.6 is 0 Å². The average molecular weight is 473 g/mol. The van der Waals surface area contributed by atoms with Crippen LogP contribution in [0.5, 0.6) is 5.75 Å². The maximum atomic E-state index is 13.4. The molecule has 0 spiro atoms. The minimum Gasteiger partial charge on any atom is -0.464 e. The molecular weight excluding hydrogens is 446 g/mol. The van der Waals surface area contributed by atoms with E-state index in [1.165, 1.54) is 24.1 Å². The molecule has 2 unspecified atom stereocenters. The Morgan fingerprint density at radius 1 is 1.18 bits per heavy atom. The van der Waals surface area contributed by atoms with Gasteiger partial charge in [-0.3, -0.25) is 9.36 Å². The summed E-state index contributed by atoms with van der Waals surface area (Å²) in [6, 6.07) is 6.35. The van der Waals surface area contributed by atoms with Crippen molar-refractivity contribution in [1.29, 1.82) is 0 Å². The SMILES string of the molecule is COC(=O)c1nc2n(c(=O)c1OC(=O)c1ccccc1)C(CO)CC2N(C)C(=O)OC(C)(C)C. The van der Waals surface area contributed by atoms with Gasteiger partial charge in [0.15, 0.2) is 5.69 Å². The van der Waals surface area contributed by atoms with Gasteiger partial charge in [0.25, 0.3) is 5.56 Å². The fourth-order valence-corrected chi connectivity index (χ4v) is 3.59. The standard InChI is InChI=1S/C23H27N3O8/c1-23(2,3)34-22(31)25(4)15-11-14(12-27)26-18(15)24-16(21(30)32-5)17(19(26)28)33-20(29)13-9-7-6-8-10-13/h6-10,14-15,27H,11-12H2,1-5H3. The van der Waals surface area contributed by atoms with Gasteiger partial charge in [-0.15, -0.1) is 0 Å². The number of nitrogens with zero attached hydrogens (tertiary/aromatic N) is 3. The zero-order valence-corrected chi connectivity index (χ0v) is 19.6. The van der Waals surface area contributed by atoms with Crippen LogP contribution in [0.2, 0.25) is 0 Å². The zero-order chi connectivity index (χ0) is 25.2. The van der Waals surface area contributed by atoms with Crippen LogP contribution in [0.4, 0.5) is 4.79 Å². The molecule has 3 rings (SSSR count). The summed E-state index contributed by atoms with van der Waals surface area (Å²) in [4.78, 5) is 56.6. The lowest BCUT2D eigenvalue weighted by Gasteiger charge is -2.28. The van der Waals surface area contributed by atoms with Crippen molar-refractivity contribution in [3.05, 3.63) is 57.8 Å². The predicted molar refractivity (Wildman–Crippen MR) is 119 cm³/mol. The molecule has 0 saturated carbocycles. The van der Waals surface area contributed by atoms with Crippen molar-refractivity contribution in [2.24, 2.45) is 0 Å². The molecule has 11 nitrogen and oxygen atoms in total. The summed E-state index contributed by atoms with van der Waals surface area (Å²) in [7, 11) is 2.56. The van der Waals surface area contributed by atoms with E-state index in [1.807, 2.05) is 0 Å². The zero-order valence-electron chi connectivity index (χ0n) is 19.6. The third kappa shape index (κ3) is 4.93. The first-order valence-electron chi connectivity index (χ1n) is 10.6. The molecule has 182 valence electrons. The normalized spacial score (nSPS) is 17.0. The van der Waals surface area contributed by atoms with Crippen LogP contribution in [0.15, 0.2) is 35.1 Å². The van der Waals surface area contributed by atoms with Crippen LogP contribution < -0.4 is 10.3 Å². The van der Waals surface area contributed by atoms with Crippen LogP contribution in [-0.4, -0.2) is 64.0 Å². The minimum absolute atomic E-state index is 0.0392. The lowest BCUT2D eigenvalue weighted by atomic mass is 10.1. The Morgan fingerprint density at radius 2 is 1.82 bits per heavy atom. The molecule has 34 heavy (non-hydrogen) atoms. The van der Waals surface area contributed by atoms with E-state index in [4.69, 9.17) is 14.2 Å². The van der Waals surface area contributed by atoms with Gasteiger partial charge in [0.2, 0.25) is 5.75 Å². The maximum absolute atomic E-state index is 13.4. The number of benzene rings is 1. The first-order chi connectivity index (χ1) is 16.0. The van der Waals surface area contributed by atoms with E-state index in [2.05, 4.69) is 4.98 Å². The number of aliphatic hydroxyl groups is 1. The number of hydrogen-bond acceptors (Lipinski definition) is 9. The number of aromatic nitrogens is 2. The van der Waals surface area contributed by atoms with Gasteiger partial charge in [-0.1, -0.05) is 18.2 Å². The van der Waals surface area contributed by atoms with Gasteiger partial charge in [0, 0.05) is 7.05 Å². The van der Waals surface area contributed by atoms with Crippen molar-refractivity contribution in [2.45, 2.75) is 44.9 Å². The smallest absolute Gasteiger partial charge is 0.410 e. The molecule has 1 amide bonds. The lowest BCUT2D eigenvalue weighted by Crippen LogP contribution is -2.37. The molecule has 1 N–H and O–H groups in total. The molecule has 1 aromatic heterocycles. The Hall–Kier alpha value is -3.73. The second kappa shape index (κ2) is 9.64. The minimum atomic E-state index is -0.998. The van der Waals surface area contributed by atoms with Crippen LogP contribution in [0.25, 0.3) is 0 Å². The number of esters is 2. The second-order valence-electron chi connectivity index (χ2n) is 8.75. The number of aliphatic hydroxyl groups excluding tert-OH is 1. The summed E-state index contributed by atoms with van der Waals surface area (Å²) in [6.07, 6.45) is -0.540. The summed E-state index contributed by atoms with van der Waals surface area (Å²) in [5, 5.41) is 9.92. The quantitative estimate of drug-likeness (QED) is 0.647. The summed E-state index contributed by atoms with van der Waals surface area (Å²) < 4.78 is 16.6. The van der Waals surface area contributed by atoms with E-state index >= 15 is 0 Å². The van der Waals surface area contributed by atoms with E-state index in [-0.39, 0.29) is 17.8 Å². The number of rotatable bonds is 5. The van der Waals surface area contributed by atoms with Crippen molar-refractivity contribution in [2.75, 3.05) is 20.8 Å². The molecule has 1 aliphatic heterocycles. The number of fused-ring (bicyclic) bond motifs is 1. The molecule has 0 saturated heterocycles. The van der Waals surface area contributed by atoms with Gasteiger partial charge in [-0.25, -0.2) is 19.4 Å². The Bertz CT molecular complexity index is 1150. The van der Waals surface area contributed by atoms with Gasteiger partial charge < -0.3 is 24.2 Å². The van der Waals surface area contributed by atoms with Crippen LogP contribution in [0.3, 0.4) is 0 Å². The predicted octanol–water partition coefficient (Wildman–Crippen LogP) is 2.09. The number of hydrogen-bond donors (Lipinski definition) is 1. The van der Waals surface area contributed by atoms with Crippen molar-refractivity contribution < 1.29 is 33.7 Å². The van der Waals surface area contributed by atoms with E-state index in [0.717, 1.165) is 11.7 Å². The highest BCUT2D eigenvalue weighted by molar-refractivity contribution is 5.94. The highest BCUT2D eigenvalue weighted by Crippen LogP contribution is 2.37. The Labute approximate surface area is 195 Å². The molecule has 0 aliphatic carbocycles. The third-order valence-electron chi connectivity index (χ3n) is 5.20. The highest BCUT2D eigenvalue weighted by atomic mass is 16.6. The van der Waals surface area contributed by atoms with Gasteiger partial charge in [-0.2, -0.15) is 0 Å². The summed E-state index contributed by atoms with van der Waals surface area (Å²) >= 11 is 0. The van der Waals surface area contributed by atoms with Gasteiger partial charge in [0.05, 0.1) is 31.4 Å². The Balaban J connectivity index is 2.10. The van der Waals surface area contributed by atoms with Crippen LogP contribution in [0, 0.1) is 0 Å². The number of carbonyl (C=O) groups excluding carboxylic acids is 3. The summed E-state index contributed by atoms with van der Waals surface area (Å²) in [5.74, 6) is -2.45. The van der Waals surface area contributed by atoms with Gasteiger partial charge >= 0.3 is 18.0 Å². The van der Waals surface area contributed by atoms with Crippen LogP contribution in [0.1, 0.15) is 65.9 Å². The molecule has 1 aromatic carbocycles. The molecule has 0 bridgehead atoms. The lowest BCUT2D eigenvalue weighted by molar-refractivity contribution is 0.0210. The molecule has 1 aliphatic rings. The summed E-state index contributed by atoms with van der Waals surface area (Å²) in [5.41, 5.74) is -1.97. The van der Waals surface area contributed by atoms with Crippen molar-refractivity contribution in [3.8, 4) is 5.75 Å². The van der Waals surface area contributed by atoms with E-state index in [9.17, 15) is 24.3 Å². The van der Waals surface area contributed by atoms with Gasteiger partial charge in [0.1, 0.15) is 11.4 Å². The van der Waals surface area contributed by atoms with E-state index < -0.39 is 59.3 Å². The molecule has 2 heterocycles. The van der Waals surface area contributed by atoms with Crippen molar-refractivity contribution >= 4 is 18.0 Å². The number of methoxy groups -OCH3 is 1. The fourth-order valence-electron chi connectivity index (χ4n) is 3.59. The first kappa shape index (κ1) is 24.9. The van der Waals surface area contributed by atoms with Gasteiger partial charge in [-0.05, 0) is 39.3 Å². The monoisotopic (exact) mass is 473 g/mol. The second-order valence-corrected chi connectivity index (χ2v) is 8.75. The summed E-state index contributed by atoms with van der Waals surface area (Å²) in [6.45, 7) is 4.69. The highest BCUT2D eigenvalue weighted by Gasteiger charge is 2.41. The molecule has 2 atom stereocenters. The number of carbonyl (C=O) groups is 3. The Morgan fingerprint density at radius 3 is 2.38 bits per heavy atom. The number of amides is 1. The average Bonchev–Trinajstić information content (AvgIpc) is 3.17. The molecular formula is C23H27N3O8. The Kier molecular flexibility index (Phi) is 7.06. The van der Waals surface area contributed by atoms with E-state index in [0.29, 0.717) is 0 Å².